The number of carbonyl (C=O) groups excluding carboxylic acids is 3. The summed E-state index contributed by atoms with van der Waals surface area (Å²) in [5.74, 6) is -0.918. The van der Waals surface area contributed by atoms with Gasteiger partial charge in [0.1, 0.15) is 0 Å². The normalized spacial score (nSPS) is 10.0. The van der Waals surface area contributed by atoms with Crippen LogP contribution in [0.25, 0.3) is 0 Å². The lowest BCUT2D eigenvalue weighted by Crippen LogP contribution is -2.22. The van der Waals surface area contributed by atoms with Gasteiger partial charge in [-0.15, -0.1) is 0 Å². The first kappa shape index (κ1) is 18.8. The van der Waals surface area contributed by atoms with Crippen molar-refractivity contribution in [3.63, 3.8) is 0 Å². The minimum Gasteiger partial charge on any atom is -0.481 e. The molecule has 9 heteroatoms. The lowest BCUT2D eigenvalue weighted by atomic mass is 10.0. The minimum atomic E-state index is -0.771. The molecule has 0 N–H and O–H groups in total. The number of nitrogens with zero attached hydrogens (tertiary/aromatic N) is 3. The second kappa shape index (κ2) is 8.06. The quantitative estimate of drug-likeness (QED) is 0.418. The molecule has 1 aromatic carbocycles. The van der Waals surface area contributed by atoms with E-state index < -0.39 is 5.97 Å². The summed E-state index contributed by atoms with van der Waals surface area (Å²) in [7, 11) is 3.97. The van der Waals surface area contributed by atoms with E-state index in [4.69, 9.17) is 14.2 Å². The van der Waals surface area contributed by atoms with Crippen LogP contribution < -0.4 is 14.4 Å². The highest BCUT2D eigenvalue weighted by atomic mass is 16.5. The Hall–Kier alpha value is -3.49. The smallest absolute Gasteiger partial charge is 0.340 e. The van der Waals surface area contributed by atoms with Crippen LogP contribution in [0.15, 0.2) is 24.3 Å². The molecular weight excluding hydrogens is 342 g/mol. The van der Waals surface area contributed by atoms with Gasteiger partial charge < -0.3 is 14.2 Å². The van der Waals surface area contributed by atoms with Gasteiger partial charge in [0.15, 0.2) is 5.78 Å². The maximum absolute atomic E-state index is 12.3. The standard InChI is InChI=1S/C17H17N3O6/c1-10(22)11-6-5-7-12(15(11)16(23)26-4)20(9-21)17-18-13(24-2)8-14(19-17)25-3/h5-9H,1-4H3. The van der Waals surface area contributed by atoms with E-state index in [-0.39, 0.29) is 40.3 Å². The number of aromatic nitrogens is 2. The van der Waals surface area contributed by atoms with Gasteiger partial charge in [-0.05, 0) is 13.0 Å². The van der Waals surface area contributed by atoms with Gasteiger partial charge in [0, 0.05) is 5.56 Å². The van der Waals surface area contributed by atoms with Crippen molar-refractivity contribution in [2.24, 2.45) is 0 Å². The number of benzene rings is 1. The number of carbonyl (C=O) groups is 3. The van der Waals surface area contributed by atoms with E-state index in [2.05, 4.69) is 9.97 Å². The molecule has 0 fully saturated rings. The number of methoxy groups -OCH3 is 3. The Bertz CT molecular complexity index is 830. The fraction of sp³-hybridized carbons (Fsp3) is 0.235. The first-order valence-electron chi connectivity index (χ1n) is 7.40. The molecule has 0 atom stereocenters. The largest absolute Gasteiger partial charge is 0.481 e. The summed E-state index contributed by atoms with van der Waals surface area (Å²) >= 11 is 0. The van der Waals surface area contributed by atoms with Crippen molar-refractivity contribution in [3.8, 4) is 11.8 Å². The number of Topliss-reactive ketones (excluding diaryl/α,β-unsaturated/α-hetero) is 1. The first-order valence-corrected chi connectivity index (χ1v) is 7.40. The molecular formula is C17H17N3O6. The van der Waals surface area contributed by atoms with E-state index in [0.717, 1.165) is 4.90 Å². The van der Waals surface area contributed by atoms with E-state index in [1.54, 1.807) is 0 Å². The fourth-order valence-corrected chi connectivity index (χ4v) is 2.27. The van der Waals surface area contributed by atoms with Gasteiger partial charge in [-0.2, -0.15) is 9.97 Å². The molecule has 136 valence electrons. The molecule has 1 amide bonds. The number of hydrogen-bond acceptors (Lipinski definition) is 8. The molecule has 1 heterocycles. The number of rotatable bonds is 7. The van der Waals surface area contributed by atoms with Crippen LogP contribution in [-0.2, 0) is 9.53 Å². The van der Waals surface area contributed by atoms with E-state index in [0.29, 0.717) is 6.41 Å². The van der Waals surface area contributed by atoms with E-state index in [9.17, 15) is 14.4 Å². The third kappa shape index (κ3) is 3.61. The van der Waals surface area contributed by atoms with Crippen molar-refractivity contribution >= 4 is 29.8 Å². The van der Waals surface area contributed by atoms with Gasteiger partial charge in [-0.25, -0.2) is 4.79 Å². The van der Waals surface area contributed by atoms with E-state index >= 15 is 0 Å². The maximum atomic E-state index is 12.3. The molecule has 0 saturated carbocycles. The van der Waals surface area contributed by atoms with Gasteiger partial charge >= 0.3 is 5.97 Å². The zero-order valence-corrected chi connectivity index (χ0v) is 14.7. The molecule has 0 radical (unpaired) electrons. The molecule has 9 nitrogen and oxygen atoms in total. The van der Waals surface area contributed by atoms with Crippen molar-refractivity contribution in [1.82, 2.24) is 9.97 Å². The molecule has 1 aromatic heterocycles. The Morgan fingerprint density at radius 3 is 2.15 bits per heavy atom. The van der Waals surface area contributed by atoms with Crippen LogP contribution in [-0.4, -0.2) is 49.5 Å². The number of ketones is 1. The van der Waals surface area contributed by atoms with E-state index in [1.807, 2.05) is 0 Å². The highest BCUT2D eigenvalue weighted by Crippen LogP contribution is 2.30. The molecule has 26 heavy (non-hydrogen) atoms. The van der Waals surface area contributed by atoms with Crippen LogP contribution in [0.5, 0.6) is 11.8 Å². The van der Waals surface area contributed by atoms with Crippen molar-refractivity contribution < 1.29 is 28.6 Å². The molecule has 2 aromatic rings. The SMILES string of the molecule is COC(=O)c1c(C(C)=O)cccc1N(C=O)c1nc(OC)cc(OC)n1. The van der Waals surface area contributed by atoms with Gasteiger partial charge in [0.2, 0.25) is 24.1 Å². The average molecular weight is 359 g/mol. The van der Waals surface area contributed by atoms with Crippen LogP contribution in [0, 0.1) is 0 Å². The highest BCUT2D eigenvalue weighted by molar-refractivity contribution is 6.10. The third-order valence-corrected chi connectivity index (χ3v) is 3.48. The second-order valence-corrected chi connectivity index (χ2v) is 4.98. The topological polar surface area (TPSA) is 108 Å². The third-order valence-electron chi connectivity index (χ3n) is 3.48. The number of hydrogen-bond donors (Lipinski definition) is 0. The molecule has 0 saturated heterocycles. The lowest BCUT2D eigenvalue weighted by molar-refractivity contribution is -0.106. The molecule has 0 aliphatic rings. The lowest BCUT2D eigenvalue weighted by Gasteiger charge is -2.20. The molecule has 0 aliphatic carbocycles. The van der Waals surface area contributed by atoms with Crippen LogP contribution in [0.2, 0.25) is 0 Å². The molecule has 0 unspecified atom stereocenters. The molecule has 0 aliphatic heterocycles. The predicted octanol–water partition coefficient (Wildman–Crippen LogP) is 1.78. The predicted molar refractivity (Wildman–Crippen MR) is 91.1 cm³/mol. The average Bonchev–Trinajstić information content (AvgIpc) is 2.67. The van der Waals surface area contributed by atoms with Crippen molar-refractivity contribution in [2.45, 2.75) is 6.92 Å². The van der Waals surface area contributed by atoms with Crippen molar-refractivity contribution in [3.05, 3.63) is 35.4 Å². The number of ether oxygens (including phenoxy) is 3. The summed E-state index contributed by atoms with van der Waals surface area (Å²) in [6.07, 6.45) is 0.417. The van der Waals surface area contributed by atoms with Crippen LogP contribution >= 0.6 is 0 Å². The van der Waals surface area contributed by atoms with Gasteiger partial charge in [0.05, 0.1) is 38.6 Å². The number of anilines is 2. The Labute approximate surface area is 149 Å². The van der Waals surface area contributed by atoms with E-state index in [1.165, 1.54) is 52.5 Å². The Morgan fingerprint density at radius 2 is 1.69 bits per heavy atom. The summed E-state index contributed by atoms with van der Waals surface area (Å²) < 4.78 is 14.9. The van der Waals surface area contributed by atoms with Gasteiger partial charge in [-0.1, -0.05) is 12.1 Å². The van der Waals surface area contributed by atoms with Gasteiger partial charge in [-0.3, -0.25) is 14.5 Å². The summed E-state index contributed by atoms with van der Waals surface area (Å²) in [5, 5.41) is 0. The summed E-state index contributed by atoms with van der Waals surface area (Å²) in [6.45, 7) is 1.31. The van der Waals surface area contributed by atoms with Gasteiger partial charge in [0.25, 0.3) is 0 Å². The fourth-order valence-electron chi connectivity index (χ4n) is 2.27. The molecule has 2 rings (SSSR count). The Balaban J connectivity index is 2.72. The van der Waals surface area contributed by atoms with Crippen LogP contribution in [0.4, 0.5) is 11.6 Å². The van der Waals surface area contributed by atoms with Crippen LogP contribution in [0.1, 0.15) is 27.6 Å². The highest BCUT2D eigenvalue weighted by Gasteiger charge is 2.25. The zero-order chi connectivity index (χ0) is 19.3. The Kier molecular flexibility index (Phi) is 5.84. The Morgan fingerprint density at radius 1 is 1.08 bits per heavy atom. The van der Waals surface area contributed by atoms with Crippen LogP contribution in [0.3, 0.4) is 0 Å². The summed E-state index contributed by atoms with van der Waals surface area (Å²) in [5.41, 5.74) is 0.130. The number of esters is 1. The maximum Gasteiger partial charge on any atom is 0.340 e. The number of amides is 1. The zero-order valence-electron chi connectivity index (χ0n) is 14.7. The summed E-state index contributed by atoms with van der Waals surface area (Å²) in [6, 6.07) is 5.91. The molecule has 0 bridgehead atoms. The van der Waals surface area contributed by atoms with Crippen molar-refractivity contribution in [2.75, 3.05) is 26.2 Å². The summed E-state index contributed by atoms with van der Waals surface area (Å²) in [4.78, 5) is 45.1. The minimum absolute atomic E-state index is 0.0695. The first-order chi connectivity index (χ1) is 12.5. The second-order valence-electron chi connectivity index (χ2n) is 4.98. The monoisotopic (exact) mass is 359 g/mol. The van der Waals surface area contributed by atoms with Crippen molar-refractivity contribution in [1.29, 1.82) is 0 Å². The molecule has 0 spiro atoms.